The average Bonchev–Trinajstić information content (AvgIpc) is 2.37. The largest absolute Gasteiger partial charge is 0.319 e. The molecule has 1 N–H and O–H groups in total. The van der Waals surface area contributed by atoms with Crippen molar-refractivity contribution in [1.29, 1.82) is 5.26 Å². The molecule has 0 amide bonds. The van der Waals surface area contributed by atoms with Gasteiger partial charge in [-0.3, -0.25) is 5.32 Å². The average molecular weight is 149 g/mol. The summed E-state index contributed by atoms with van der Waals surface area (Å²) in [5, 5.41) is 10.4. The molecule has 5 heteroatoms. The number of aromatic nitrogens is 2. The van der Waals surface area contributed by atoms with E-state index in [1.54, 1.807) is 23.3 Å². The summed E-state index contributed by atoms with van der Waals surface area (Å²) in [7, 11) is 1.83. The summed E-state index contributed by atoms with van der Waals surface area (Å²) < 4.78 is 1.75. The summed E-state index contributed by atoms with van der Waals surface area (Å²) in [5.74, 6) is 0.702. The standard InChI is InChI=1S/C6H7N5/c1-11-5-8-2-6(11)10-4-9-3-7/h2,4-5H,1H3,(H,9,10). The van der Waals surface area contributed by atoms with Crippen LogP contribution in [0.25, 0.3) is 0 Å². The number of nitrogens with zero attached hydrogens (tertiary/aromatic N) is 4. The maximum Gasteiger partial charge on any atom is 0.182 e. The van der Waals surface area contributed by atoms with Crippen molar-refractivity contribution in [1.82, 2.24) is 14.9 Å². The molecule has 1 aromatic heterocycles. The maximum atomic E-state index is 8.09. The van der Waals surface area contributed by atoms with E-state index in [9.17, 15) is 0 Å². The van der Waals surface area contributed by atoms with Gasteiger partial charge in [-0.2, -0.15) is 5.26 Å². The zero-order valence-corrected chi connectivity index (χ0v) is 6.02. The van der Waals surface area contributed by atoms with Crippen molar-refractivity contribution in [3.05, 3.63) is 12.5 Å². The minimum absolute atomic E-state index is 0.702. The number of hydrogen-bond donors (Lipinski definition) is 1. The van der Waals surface area contributed by atoms with Crippen molar-refractivity contribution in [2.75, 3.05) is 0 Å². The molecule has 0 fully saturated rings. The first kappa shape index (κ1) is 7.28. The number of nitrogens with one attached hydrogen (secondary N) is 1. The summed E-state index contributed by atoms with van der Waals surface area (Å²) >= 11 is 0. The first-order valence-corrected chi connectivity index (χ1v) is 2.98. The Morgan fingerprint density at radius 2 is 2.73 bits per heavy atom. The highest BCUT2D eigenvalue weighted by atomic mass is 15.1. The van der Waals surface area contributed by atoms with Crippen LogP contribution >= 0.6 is 0 Å². The van der Waals surface area contributed by atoms with E-state index in [0.29, 0.717) is 5.82 Å². The summed E-state index contributed by atoms with van der Waals surface area (Å²) in [6.07, 6.45) is 6.28. The van der Waals surface area contributed by atoms with Crippen molar-refractivity contribution < 1.29 is 0 Å². The second kappa shape index (κ2) is 3.37. The van der Waals surface area contributed by atoms with Gasteiger partial charge < -0.3 is 4.57 Å². The van der Waals surface area contributed by atoms with Crippen LogP contribution in [0.3, 0.4) is 0 Å². The van der Waals surface area contributed by atoms with Gasteiger partial charge in [0, 0.05) is 7.05 Å². The first-order chi connectivity index (χ1) is 5.34. The van der Waals surface area contributed by atoms with E-state index in [2.05, 4.69) is 15.3 Å². The molecule has 0 atom stereocenters. The van der Waals surface area contributed by atoms with Gasteiger partial charge in [-0.05, 0) is 0 Å². The minimum atomic E-state index is 0.702. The van der Waals surface area contributed by atoms with Crippen LogP contribution in [0.5, 0.6) is 0 Å². The third-order valence-electron chi connectivity index (χ3n) is 1.12. The van der Waals surface area contributed by atoms with Crippen LogP contribution in [-0.4, -0.2) is 15.9 Å². The number of aryl methyl sites for hydroxylation is 1. The highest BCUT2D eigenvalue weighted by molar-refractivity contribution is 5.60. The molecule has 5 nitrogen and oxygen atoms in total. The van der Waals surface area contributed by atoms with Crippen molar-refractivity contribution in [2.24, 2.45) is 12.0 Å². The quantitative estimate of drug-likeness (QED) is 0.282. The van der Waals surface area contributed by atoms with Crippen molar-refractivity contribution in [3.8, 4) is 6.19 Å². The molecule has 0 bridgehead atoms. The Balaban J connectivity index is 2.65. The van der Waals surface area contributed by atoms with Crippen LogP contribution in [0.4, 0.5) is 5.82 Å². The normalized spacial score (nSPS) is 9.82. The Bertz CT molecular complexity index is 292. The van der Waals surface area contributed by atoms with Gasteiger partial charge in [0.1, 0.15) is 6.34 Å². The van der Waals surface area contributed by atoms with E-state index in [1.807, 2.05) is 7.05 Å². The van der Waals surface area contributed by atoms with Gasteiger partial charge in [-0.15, -0.1) is 0 Å². The lowest BCUT2D eigenvalue weighted by atomic mass is 10.7. The highest BCUT2D eigenvalue weighted by Crippen LogP contribution is 2.05. The molecule has 0 radical (unpaired) electrons. The summed E-state index contributed by atoms with van der Waals surface area (Å²) in [4.78, 5) is 7.74. The monoisotopic (exact) mass is 149 g/mol. The third-order valence-corrected chi connectivity index (χ3v) is 1.12. The molecule has 1 heterocycles. The molecule has 0 saturated heterocycles. The molecular weight excluding hydrogens is 142 g/mol. The molecule has 0 aliphatic rings. The molecule has 0 spiro atoms. The maximum absolute atomic E-state index is 8.09. The Hall–Kier alpha value is -1.83. The van der Waals surface area contributed by atoms with E-state index in [1.165, 1.54) is 6.34 Å². The number of aliphatic imine (C=N–C) groups is 1. The molecule has 1 aromatic rings. The van der Waals surface area contributed by atoms with E-state index in [-0.39, 0.29) is 0 Å². The number of imidazole rings is 1. The van der Waals surface area contributed by atoms with Crippen molar-refractivity contribution in [3.63, 3.8) is 0 Å². The van der Waals surface area contributed by atoms with Crippen LogP contribution in [0.2, 0.25) is 0 Å². The number of nitriles is 1. The fraction of sp³-hybridized carbons (Fsp3) is 0.167. The van der Waals surface area contributed by atoms with Gasteiger partial charge >= 0.3 is 0 Å². The molecular formula is C6H7N5. The number of rotatable bonds is 2. The Labute approximate surface area is 64.0 Å². The topological polar surface area (TPSA) is 66.0 Å². The summed E-state index contributed by atoms with van der Waals surface area (Å²) in [6.45, 7) is 0. The molecule has 0 aromatic carbocycles. The summed E-state index contributed by atoms with van der Waals surface area (Å²) in [5.41, 5.74) is 0. The van der Waals surface area contributed by atoms with Gasteiger partial charge in [0.05, 0.1) is 12.5 Å². The second-order valence-corrected chi connectivity index (χ2v) is 1.88. The van der Waals surface area contributed by atoms with Gasteiger partial charge in [-0.1, -0.05) is 0 Å². The lowest BCUT2D eigenvalue weighted by molar-refractivity contribution is 0.912. The van der Waals surface area contributed by atoms with Gasteiger partial charge in [0.2, 0.25) is 0 Å². The van der Waals surface area contributed by atoms with Gasteiger partial charge in [-0.25, -0.2) is 9.98 Å². The zero-order chi connectivity index (χ0) is 8.10. The predicted octanol–water partition coefficient (Wildman–Crippen LogP) is 0.151. The molecule has 56 valence electrons. The minimum Gasteiger partial charge on any atom is -0.319 e. The molecule has 0 aliphatic carbocycles. The van der Waals surface area contributed by atoms with Crippen LogP contribution in [0.1, 0.15) is 0 Å². The van der Waals surface area contributed by atoms with Crippen molar-refractivity contribution >= 4 is 12.2 Å². The second-order valence-electron chi connectivity index (χ2n) is 1.88. The van der Waals surface area contributed by atoms with E-state index in [4.69, 9.17) is 5.26 Å². The van der Waals surface area contributed by atoms with E-state index in [0.717, 1.165) is 0 Å². The summed E-state index contributed by atoms with van der Waals surface area (Å²) in [6, 6.07) is 0. The zero-order valence-electron chi connectivity index (χ0n) is 6.02. The SMILES string of the molecule is Cn1cncc1N=CNC#N. The first-order valence-electron chi connectivity index (χ1n) is 2.98. The van der Waals surface area contributed by atoms with Crippen LogP contribution in [0, 0.1) is 11.5 Å². The Kier molecular flexibility index (Phi) is 2.23. The Morgan fingerprint density at radius 3 is 3.27 bits per heavy atom. The van der Waals surface area contributed by atoms with Gasteiger partial charge in [0.15, 0.2) is 12.0 Å². The molecule has 11 heavy (non-hydrogen) atoms. The van der Waals surface area contributed by atoms with Crippen LogP contribution < -0.4 is 5.32 Å². The molecule has 0 saturated carbocycles. The smallest absolute Gasteiger partial charge is 0.182 e. The van der Waals surface area contributed by atoms with Gasteiger partial charge in [0.25, 0.3) is 0 Å². The highest BCUT2D eigenvalue weighted by Gasteiger charge is 1.90. The fourth-order valence-electron chi connectivity index (χ4n) is 0.602. The Morgan fingerprint density at radius 1 is 1.91 bits per heavy atom. The van der Waals surface area contributed by atoms with Crippen molar-refractivity contribution in [2.45, 2.75) is 0 Å². The van der Waals surface area contributed by atoms with E-state index >= 15 is 0 Å². The fourth-order valence-corrected chi connectivity index (χ4v) is 0.602. The number of hydrogen-bond acceptors (Lipinski definition) is 3. The lowest BCUT2D eigenvalue weighted by Crippen LogP contribution is -1.99. The molecule has 1 rings (SSSR count). The van der Waals surface area contributed by atoms with Crippen LogP contribution in [-0.2, 0) is 7.05 Å². The molecule has 0 unspecified atom stereocenters. The predicted molar refractivity (Wildman–Crippen MR) is 40.1 cm³/mol. The lowest BCUT2D eigenvalue weighted by Gasteiger charge is -1.91. The third kappa shape index (κ3) is 1.79. The van der Waals surface area contributed by atoms with E-state index < -0.39 is 0 Å². The van der Waals surface area contributed by atoms with Crippen LogP contribution in [0.15, 0.2) is 17.5 Å². The molecule has 0 aliphatic heterocycles.